The monoisotopic (exact) mass is 239 g/mol. The van der Waals surface area contributed by atoms with Gasteiger partial charge in [-0.2, -0.15) is 0 Å². The fraction of sp³-hybridized carbons (Fsp3) is 0.750. The highest BCUT2D eigenvalue weighted by Crippen LogP contribution is 2.27. The van der Waals surface area contributed by atoms with Crippen molar-refractivity contribution in [2.45, 2.75) is 25.2 Å². The van der Waals surface area contributed by atoms with Crippen LogP contribution < -0.4 is 5.32 Å². The summed E-state index contributed by atoms with van der Waals surface area (Å²) in [5.74, 6) is 0.665. The van der Waals surface area contributed by atoms with E-state index in [-0.39, 0.29) is 0 Å². The summed E-state index contributed by atoms with van der Waals surface area (Å²) in [6.45, 7) is 3.44. The van der Waals surface area contributed by atoms with Crippen molar-refractivity contribution in [1.82, 2.24) is 15.2 Å². The normalized spacial score (nSPS) is 22.5. The maximum atomic E-state index is 4.76. The molecule has 1 aromatic heterocycles. The second-order valence-electron chi connectivity index (χ2n) is 4.62. The van der Waals surface area contributed by atoms with Crippen LogP contribution in [0.15, 0.2) is 5.38 Å². The van der Waals surface area contributed by atoms with Gasteiger partial charge in [-0.1, -0.05) is 0 Å². The average molecular weight is 239 g/mol. The Kier molecular flexibility index (Phi) is 4.32. The Balaban J connectivity index is 1.95. The molecule has 16 heavy (non-hydrogen) atoms. The van der Waals surface area contributed by atoms with E-state index in [0.717, 1.165) is 13.0 Å². The minimum absolute atomic E-state index is 0.665. The van der Waals surface area contributed by atoms with E-state index in [2.05, 4.69) is 22.6 Å². The lowest BCUT2D eigenvalue weighted by atomic mass is 9.96. The summed E-state index contributed by atoms with van der Waals surface area (Å²) in [5.41, 5.74) is 1.32. The predicted molar refractivity (Wildman–Crippen MR) is 69.2 cm³/mol. The number of likely N-dealkylation sites (N-methyl/N-ethyl adjacent to an activating group) is 2. The Morgan fingerprint density at radius 3 is 3.25 bits per heavy atom. The maximum Gasteiger partial charge on any atom is 0.0941 e. The highest BCUT2D eigenvalue weighted by Gasteiger charge is 2.20. The molecule has 90 valence electrons. The molecule has 1 aromatic rings. The molecule has 4 heteroatoms. The first-order valence-corrected chi connectivity index (χ1v) is 6.95. The van der Waals surface area contributed by atoms with Crippen LogP contribution in [-0.2, 0) is 6.42 Å². The lowest BCUT2D eigenvalue weighted by Gasteiger charge is -2.28. The SMILES string of the molecule is CNCCc1nc(C2CCCN(C)C2)cs1. The van der Waals surface area contributed by atoms with Crippen LogP contribution in [0.1, 0.15) is 29.5 Å². The lowest BCUT2D eigenvalue weighted by molar-refractivity contribution is 0.249. The van der Waals surface area contributed by atoms with Gasteiger partial charge < -0.3 is 10.2 Å². The molecule has 1 atom stereocenters. The highest BCUT2D eigenvalue weighted by atomic mass is 32.1. The van der Waals surface area contributed by atoms with Crippen LogP contribution in [0.3, 0.4) is 0 Å². The quantitative estimate of drug-likeness (QED) is 0.867. The molecule has 1 aliphatic heterocycles. The molecule has 1 saturated heterocycles. The smallest absolute Gasteiger partial charge is 0.0941 e. The van der Waals surface area contributed by atoms with E-state index in [1.165, 1.54) is 36.6 Å². The van der Waals surface area contributed by atoms with E-state index in [9.17, 15) is 0 Å². The molecule has 2 heterocycles. The van der Waals surface area contributed by atoms with E-state index in [0.29, 0.717) is 5.92 Å². The van der Waals surface area contributed by atoms with Crippen LogP contribution in [0.5, 0.6) is 0 Å². The van der Waals surface area contributed by atoms with Gasteiger partial charge in [0.25, 0.3) is 0 Å². The molecule has 0 radical (unpaired) electrons. The van der Waals surface area contributed by atoms with E-state index < -0.39 is 0 Å². The summed E-state index contributed by atoms with van der Waals surface area (Å²) in [4.78, 5) is 7.18. The third kappa shape index (κ3) is 3.03. The minimum atomic E-state index is 0.665. The van der Waals surface area contributed by atoms with Gasteiger partial charge in [-0.25, -0.2) is 4.98 Å². The first kappa shape index (κ1) is 12.0. The van der Waals surface area contributed by atoms with Crippen molar-refractivity contribution in [3.8, 4) is 0 Å². The Bertz CT molecular complexity index is 324. The fourth-order valence-corrected chi connectivity index (χ4v) is 3.15. The number of thiazole rings is 1. The number of nitrogens with one attached hydrogen (secondary N) is 1. The number of likely N-dealkylation sites (tertiary alicyclic amines) is 1. The third-order valence-electron chi connectivity index (χ3n) is 3.20. The van der Waals surface area contributed by atoms with Gasteiger partial charge in [-0.3, -0.25) is 0 Å². The molecule has 2 rings (SSSR count). The Labute approximate surface area is 102 Å². The molecule has 1 N–H and O–H groups in total. The molecule has 0 spiro atoms. The van der Waals surface area contributed by atoms with Crippen molar-refractivity contribution < 1.29 is 0 Å². The molecule has 0 bridgehead atoms. The molecule has 0 aromatic carbocycles. The van der Waals surface area contributed by atoms with E-state index in [4.69, 9.17) is 4.98 Å². The zero-order valence-electron chi connectivity index (χ0n) is 10.2. The lowest BCUT2D eigenvalue weighted by Crippen LogP contribution is -2.30. The molecular weight excluding hydrogens is 218 g/mol. The van der Waals surface area contributed by atoms with Crippen molar-refractivity contribution in [3.05, 3.63) is 16.1 Å². The van der Waals surface area contributed by atoms with Crippen LogP contribution in [0.2, 0.25) is 0 Å². The van der Waals surface area contributed by atoms with Crippen molar-refractivity contribution in [1.29, 1.82) is 0 Å². The summed E-state index contributed by atoms with van der Waals surface area (Å²) < 4.78 is 0. The molecule has 0 amide bonds. The molecule has 1 aliphatic rings. The summed E-state index contributed by atoms with van der Waals surface area (Å²) >= 11 is 1.81. The maximum absolute atomic E-state index is 4.76. The van der Waals surface area contributed by atoms with Crippen LogP contribution >= 0.6 is 11.3 Å². The van der Waals surface area contributed by atoms with Gasteiger partial charge in [0.05, 0.1) is 10.7 Å². The van der Waals surface area contributed by atoms with Crippen molar-refractivity contribution in [2.24, 2.45) is 0 Å². The second kappa shape index (κ2) is 5.75. The predicted octanol–water partition coefficient (Wildman–Crippen LogP) is 1.71. The van der Waals surface area contributed by atoms with E-state index in [1.807, 2.05) is 18.4 Å². The zero-order valence-corrected chi connectivity index (χ0v) is 11.0. The summed E-state index contributed by atoms with van der Waals surface area (Å²) in [6.07, 6.45) is 3.67. The van der Waals surface area contributed by atoms with Crippen molar-refractivity contribution in [2.75, 3.05) is 33.7 Å². The van der Waals surface area contributed by atoms with Crippen LogP contribution in [0.4, 0.5) is 0 Å². The van der Waals surface area contributed by atoms with Gasteiger partial charge in [-0.05, 0) is 33.5 Å². The van der Waals surface area contributed by atoms with Crippen LogP contribution in [0, 0.1) is 0 Å². The molecular formula is C12H21N3S. The van der Waals surface area contributed by atoms with Crippen molar-refractivity contribution >= 4 is 11.3 Å². The topological polar surface area (TPSA) is 28.2 Å². The first-order chi connectivity index (χ1) is 7.79. The molecule has 0 saturated carbocycles. The van der Waals surface area contributed by atoms with Gasteiger partial charge in [-0.15, -0.1) is 11.3 Å². The molecule has 1 fully saturated rings. The van der Waals surface area contributed by atoms with Gasteiger partial charge >= 0.3 is 0 Å². The number of hydrogen-bond donors (Lipinski definition) is 1. The Hall–Kier alpha value is -0.450. The number of aromatic nitrogens is 1. The average Bonchev–Trinajstić information content (AvgIpc) is 2.75. The summed E-state index contributed by atoms with van der Waals surface area (Å²) in [5, 5.41) is 6.70. The van der Waals surface area contributed by atoms with Crippen LogP contribution in [-0.4, -0.2) is 43.6 Å². The highest BCUT2D eigenvalue weighted by molar-refractivity contribution is 7.09. The number of hydrogen-bond acceptors (Lipinski definition) is 4. The van der Waals surface area contributed by atoms with Gasteiger partial charge in [0.15, 0.2) is 0 Å². The van der Waals surface area contributed by atoms with Crippen molar-refractivity contribution in [3.63, 3.8) is 0 Å². The van der Waals surface area contributed by atoms with Gasteiger partial charge in [0.1, 0.15) is 0 Å². The number of rotatable bonds is 4. The van der Waals surface area contributed by atoms with E-state index >= 15 is 0 Å². The largest absolute Gasteiger partial charge is 0.319 e. The minimum Gasteiger partial charge on any atom is -0.319 e. The third-order valence-corrected chi connectivity index (χ3v) is 4.13. The molecule has 0 aliphatic carbocycles. The Morgan fingerprint density at radius 2 is 2.50 bits per heavy atom. The number of piperidine rings is 1. The first-order valence-electron chi connectivity index (χ1n) is 6.07. The van der Waals surface area contributed by atoms with Gasteiger partial charge in [0, 0.05) is 30.8 Å². The Morgan fingerprint density at radius 1 is 1.62 bits per heavy atom. The number of nitrogens with zero attached hydrogens (tertiary/aromatic N) is 2. The molecule has 3 nitrogen and oxygen atoms in total. The summed E-state index contributed by atoms with van der Waals surface area (Å²) in [7, 11) is 4.20. The second-order valence-corrected chi connectivity index (χ2v) is 5.56. The van der Waals surface area contributed by atoms with Gasteiger partial charge in [0.2, 0.25) is 0 Å². The standard InChI is InChI=1S/C12H21N3S/c1-13-6-5-12-14-11(9-16-12)10-4-3-7-15(2)8-10/h9-10,13H,3-8H2,1-2H3. The fourth-order valence-electron chi connectivity index (χ4n) is 2.27. The van der Waals surface area contributed by atoms with Crippen LogP contribution in [0.25, 0.3) is 0 Å². The zero-order chi connectivity index (χ0) is 11.4. The summed E-state index contributed by atoms with van der Waals surface area (Å²) in [6, 6.07) is 0. The van der Waals surface area contributed by atoms with E-state index in [1.54, 1.807) is 0 Å². The molecule has 1 unspecified atom stereocenters.